The van der Waals surface area contributed by atoms with E-state index in [1.807, 2.05) is 18.7 Å². The molecule has 18 heteroatoms. The van der Waals surface area contributed by atoms with Gasteiger partial charge in [-0.2, -0.15) is 31.7 Å². The van der Waals surface area contributed by atoms with Gasteiger partial charge in [-0.1, -0.05) is 16.1 Å². The summed E-state index contributed by atoms with van der Waals surface area (Å²) < 4.78 is 101. The smallest absolute Gasteiger partial charge is 0.471 e. The molecule has 246 valence electrons. The average molecular weight is 689 g/mol. The van der Waals surface area contributed by atoms with Gasteiger partial charge in [0.15, 0.2) is 11.5 Å². The van der Waals surface area contributed by atoms with Crippen LogP contribution in [0.25, 0.3) is 22.4 Å². The Hall–Kier alpha value is -4.09. The minimum atomic E-state index is -5.59. The van der Waals surface area contributed by atoms with Crippen molar-refractivity contribution < 1.29 is 44.7 Å². The number of sulfonamides is 1. The molecule has 3 heterocycles. The van der Waals surface area contributed by atoms with E-state index in [1.165, 1.54) is 12.1 Å². The van der Waals surface area contributed by atoms with Crippen molar-refractivity contribution in [3.63, 3.8) is 0 Å². The van der Waals surface area contributed by atoms with Gasteiger partial charge in [0.2, 0.25) is 5.88 Å². The third-order valence-electron chi connectivity index (χ3n) is 7.19. The zero-order valence-corrected chi connectivity index (χ0v) is 25.9. The number of nitrogens with zero attached hydrogens (tertiary/aromatic N) is 5. The third-order valence-corrected chi connectivity index (χ3v) is 9.02. The van der Waals surface area contributed by atoms with Crippen molar-refractivity contribution in [2.75, 3.05) is 17.6 Å². The SMILES string of the molecule is Cc1[nH]nc2nc(-c3ccc(N(OC(=O)C(F)(F)F)S(=O)(=O)c4cc(Cl)ccc4F)cc3)nc(O[C@@H]3CCN(C(C)C)C[C@@H]3F)c12. The number of aryl methyl sites for hydroxylation is 1. The van der Waals surface area contributed by atoms with Crippen LogP contribution in [0.2, 0.25) is 5.02 Å². The number of carbonyl (C=O) groups excluding carboxylic acids is 1. The van der Waals surface area contributed by atoms with Crippen LogP contribution in [-0.4, -0.2) is 77.0 Å². The van der Waals surface area contributed by atoms with Gasteiger partial charge in [0.05, 0.1) is 5.69 Å². The first kappa shape index (κ1) is 33.3. The van der Waals surface area contributed by atoms with E-state index >= 15 is 4.39 Å². The summed E-state index contributed by atoms with van der Waals surface area (Å²) in [4.78, 5) is 25.6. The Morgan fingerprint density at radius 3 is 2.48 bits per heavy atom. The number of piperidine rings is 1. The number of hydrogen-bond donors (Lipinski definition) is 1. The molecule has 4 aromatic rings. The second kappa shape index (κ2) is 12.6. The Morgan fingerprint density at radius 2 is 1.85 bits per heavy atom. The van der Waals surface area contributed by atoms with E-state index in [9.17, 15) is 30.8 Å². The number of nitrogens with one attached hydrogen (secondary N) is 1. The van der Waals surface area contributed by atoms with Crippen LogP contribution in [0.1, 0.15) is 26.0 Å². The fourth-order valence-electron chi connectivity index (χ4n) is 4.76. The van der Waals surface area contributed by atoms with E-state index < -0.39 is 50.8 Å². The summed E-state index contributed by atoms with van der Waals surface area (Å²) in [6.07, 6.45) is -7.33. The molecule has 2 aromatic heterocycles. The Morgan fingerprint density at radius 1 is 1.15 bits per heavy atom. The Kier molecular flexibility index (Phi) is 9.12. The van der Waals surface area contributed by atoms with Gasteiger partial charge in [-0.25, -0.2) is 18.6 Å². The second-order valence-electron chi connectivity index (χ2n) is 10.7. The number of aromatic amines is 1. The molecule has 46 heavy (non-hydrogen) atoms. The summed E-state index contributed by atoms with van der Waals surface area (Å²) >= 11 is 5.79. The Bertz CT molecular complexity index is 1870. The molecule has 1 aliphatic rings. The molecule has 2 aromatic carbocycles. The summed E-state index contributed by atoms with van der Waals surface area (Å²) in [7, 11) is -5.28. The number of likely N-dealkylation sites (tertiary alicyclic amines) is 1. The Balaban J connectivity index is 1.51. The van der Waals surface area contributed by atoms with Crippen molar-refractivity contribution in [1.29, 1.82) is 0 Å². The molecule has 1 N–H and O–H groups in total. The first-order valence-electron chi connectivity index (χ1n) is 13.7. The van der Waals surface area contributed by atoms with Gasteiger partial charge in [0, 0.05) is 41.8 Å². The quantitative estimate of drug-likeness (QED) is 0.187. The number of halogens is 6. The van der Waals surface area contributed by atoms with Crippen LogP contribution in [0.15, 0.2) is 47.4 Å². The number of hydrogen-bond acceptors (Lipinski definition) is 9. The number of benzene rings is 2. The lowest BCUT2D eigenvalue weighted by Gasteiger charge is -2.36. The molecule has 1 saturated heterocycles. The van der Waals surface area contributed by atoms with E-state index in [0.717, 1.165) is 18.2 Å². The molecule has 5 rings (SSSR count). The average Bonchev–Trinajstić information content (AvgIpc) is 3.37. The van der Waals surface area contributed by atoms with E-state index in [-0.39, 0.29) is 45.0 Å². The molecule has 1 fully saturated rings. The van der Waals surface area contributed by atoms with E-state index in [2.05, 4.69) is 25.0 Å². The summed E-state index contributed by atoms with van der Waals surface area (Å²) in [6, 6.07) is 6.93. The van der Waals surface area contributed by atoms with Crippen LogP contribution in [0.5, 0.6) is 5.88 Å². The topological polar surface area (TPSA) is 131 Å². The number of carbonyl (C=O) groups is 1. The molecular weight excluding hydrogens is 663 g/mol. The Labute approximate surface area is 264 Å². The lowest BCUT2D eigenvalue weighted by molar-refractivity contribution is -0.199. The summed E-state index contributed by atoms with van der Waals surface area (Å²) in [5.74, 6) is -4.20. The van der Waals surface area contributed by atoms with Crippen LogP contribution < -0.4 is 9.21 Å². The molecular formula is C28H26ClF5N6O5S. The van der Waals surface area contributed by atoms with Gasteiger partial charge in [-0.15, -0.1) is 0 Å². The van der Waals surface area contributed by atoms with Crippen LogP contribution in [0.4, 0.5) is 27.6 Å². The molecule has 0 aliphatic carbocycles. The third kappa shape index (κ3) is 6.71. The van der Waals surface area contributed by atoms with E-state index in [0.29, 0.717) is 36.2 Å². The minimum absolute atomic E-state index is 0.00171. The number of fused-ring (bicyclic) bond motifs is 1. The standard InChI is InChI=1S/C28H26ClF5N6O5S/c1-14(2)39-11-10-21(20(31)13-39)44-26-23-15(3)37-38-25(23)35-24(36-26)16-4-7-18(8-5-16)40(45-27(41)28(32,33)34)46(42,43)22-12-17(29)6-9-19(22)30/h4-9,12,14,20-21H,10-11,13H2,1-3H3,(H,35,36,37,38)/t20-,21+/m0/s1. The lowest BCUT2D eigenvalue weighted by Crippen LogP contribution is -2.49. The normalized spacial score (nSPS) is 17.8. The molecule has 0 radical (unpaired) electrons. The second-order valence-corrected chi connectivity index (χ2v) is 12.8. The van der Waals surface area contributed by atoms with E-state index in [4.69, 9.17) is 16.3 Å². The van der Waals surface area contributed by atoms with Crippen molar-refractivity contribution in [2.24, 2.45) is 0 Å². The van der Waals surface area contributed by atoms with Crippen LogP contribution in [0, 0.1) is 12.7 Å². The molecule has 0 amide bonds. The molecule has 0 saturated carbocycles. The van der Waals surface area contributed by atoms with Crippen LogP contribution in [-0.2, 0) is 19.7 Å². The van der Waals surface area contributed by atoms with Gasteiger partial charge >= 0.3 is 12.1 Å². The number of rotatable bonds is 8. The maximum atomic E-state index is 15.1. The highest BCUT2D eigenvalue weighted by Gasteiger charge is 2.45. The molecule has 2 atom stereocenters. The minimum Gasteiger partial charge on any atom is -0.471 e. The maximum Gasteiger partial charge on any atom is 0.493 e. The molecule has 0 unspecified atom stereocenters. The van der Waals surface area contributed by atoms with Crippen molar-refractivity contribution in [3.05, 3.63) is 59.0 Å². The highest BCUT2D eigenvalue weighted by atomic mass is 35.5. The fraction of sp³-hybridized carbons (Fsp3) is 0.357. The number of H-pyrrole nitrogens is 1. The van der Waals surface area contributed by atoms with Gasteiger partial charge < -0.3 is 9.57 Å². The highest BCUT2D eigenvalue weighted by molar-refractivity contribution is 7.92. The lowest BCUT2D eigenvalue weighted by atomic mass is 10.0. The number of aromatic nitrogens is 4. The van der Waals surface area contributed by atoms with Gasteiger partial charge in [0.25, 0.3) is 10.0 Å². The van der Waals surface area contributed by atoms with Crippen LogP contribution in [0.3, 0.4) is 0 Å². The van der Waals surface area contributed by atoms with Crippen molar-refractivity contribution in [3.8, 4) is 17.3 Å². The van der Waals surface area contributed by atoms with E-state index in [1.54, 1.807) is 6.92 Å². The maximum absolute atomic E-state index is 15.1. The highest BCUT2D eigenvalue weighted by Crippen LogP contribution is 2.34. The van der Waals surface area contributed by atoms with Crippen molar-refractivity contribution in [2.45, 2.75) is 56.6 Å². The molecule has 1 aliphatic heterocycles. The van der Waals surface area contributed by atoms with Crippen LogP contribution >= 0.6 is 11.6 Å². The van der Waals surface area contributed by atoms with Gasteiger partial charge in [-0.3, -0.25) is 10.00 Å². The fourth-order valence-corrected chi connectivity index (χ4v) is 6.33. The molecule has 0 spiro atoms. The first-order valence-corrected chi connectivity index (χ1v) is 15.6. The van der Waals surface area contributed by atoms with Crippen molar-refractivity contribution in [1.82, 2.24) is 25.1 Å². The zero-order chi connectivity index (χ0) is 33.6. The molecule has 11 nitrogen and oxygen atoms in total. The summed E-state index contributed by atoms with van der Waals surface area (Å²) in [5.41, 5.74) is 0.334. The monoisotopic (exact) mass is 688 g/mol. The first-order chi connectivity index (χ1) is 21.6. The van der Waals surface area contributed by atoms with Crippen molar-refractivity contribution >= 4 is 44.3 Å². The number of alkyl halides is 4. The predicted molar refractivity (Wildman–Crippen MR) is 156 cm³/mol. The predicted octanol–water partition coefficient (Wildman–Crippen LogP) is 5.54. The molecule has 0 bridgehead atoms. The zero-order valence-electron chi connectivity index (χ0n) is 24.3. The van der Waals surface area contributed by atoms with Gasteiger partial charge in [-0.05, 0) is 63.2 Å². The largest absolute Gasteiger partial charge is 0.493 e. The summed E-state index contributed by atoms with van der Waals surface area (Å²) in [6.45, 7) is 6.42. The summed E-state index contributed by atoms with van der Waals surface area (Å²) in [5, 5.41) is 7.08. The van der Waals surface area contributed by atoms with Gasteiger partial charge in [0.1, 0.15) is 28.4 Å². The number of ether oxygens (including phenoxy) is 1. The number of anilines is 1.